The van der Waals surface area contributed by atoms with Crippen molar-refractivity contribution in [3.8, 4) is 17.2 Å². The standard InChI is InChI=1S/C23H32N2O7S/c1-5-30-19-9-7-8-10-20(19)32-14-13-25(23(26)31-6-2)17(3)15-18-11-12-21(29-4)22(16-18)33(24,27)28/h7-12,16-17H,5-6,13-15H2,1-4H3,(H2,24,27,28). The van der Waals surface area contributed by atoms with Crippen LogP contribution in [0, 0.1) is 0 Å². The molecule has 0 bridgehead atoms. The van der Waals surface area contributed by atoms with E-state index in [1.165, 1.54) is 13.2 Å². The van der Waals surface area contributed by atoms with Crippen LogP contribution >= 0.6 is 0 Å². The Labute approximate surface area is 195 Å². The fourth-order valence-electron chi connectivity index (χ4n) is 3.32. The number of para-hydroxylation sites is 2. The van der Waals surface area contributed by atoms with Crippen molar-refractivity contribution in [3.63, 3.8) is 0 Å². The van der Waals surface area contributed by atoms with E-state index in [0.717, 1.165) is 0 Å². The Morgan fingerprint density at radius 3 is 2.27 bits per heavy atom. The van der Waals surface area contributed by atoms with E-state index in [4.69, 9.17) is 24.1 Å². The molecule has 182 valence electrons. The summed E-state index contributed by atoms with van der Waals surface area (Å²) in [7, 11) is -2.59. The van der Waals surface area contributed by atoms with Crippen LogP contribution in [-0.4, -0.2) is 58.9 Å². The molecule has 2 rings (SSSR count). The first-order chi connectivity index (χ1) is 15.7. The number of nitrogens with two attached hydrogens (primary N) is 1. The molecule has 0 spiro atoms. The van der Waals surface area contributed by atoms with Crippen molar-refractivity contribution >= 4 is 16.1 Å². The zero-order valence-corrected chi connectivity index (χ0v) is 20.3. The smallest absolute Gasteiger partial charge is 0.410 e. The maximum Gasteiger partial charge on any atom is 0.410 e. The Morgan fingerprint density at radius 1 is 1.03 bits per heavy atom. The summed E-state index contributed by atoms with van der Waals surface area (Å²) >= 11 is 0. The van der Waals surface area contributed by atoms with Gasteiger partial charge in [-0.1, -0.05) is 18.2 Å². The molecule has 2 aromatic rings. The topological polar surface area (TPSA) is 117 Å². The number of amides is 1. The van der Waals surface area contributed by atoms with Crippen molar-refractivity contribution in [2.24, 2.45) is 5.14 Å². The molecule has 2 N–H and O–H groups in total. The normalized spacial score (nSPS) is 12.0. The lowest BCUT2D eigenvalue weighted by molar-refractivity contribution is 0.0853. The summed E-state index contributed by atoms with van der Waals surface area (Å²) in [6, 6.07) is 11.8. The van der Waals surface area contributed by atoms with Gasteiger partial charge in [-0.25, -0.2) is 18.4 Å². The zero-order valence-electron chi connectivity index (χ0n) is 19.4. The van der Waals surface area contributed by atoms with Gasteiger partial charge in [0.05, 0.1) is 26.9 Å². The van der Waals surface area contributed by atoms with Crippen molar-refractivity contribution in [1.82, 2.24) is 4.90 Å². The highest BCUT2D eigenvalue weighted by Gasteiger charge is 2.23. The third-order valence-electron chi connectivity index (χ3n) is 4.84. The van der Waals surface area contributed by atoms with E-state index in [0.29, 0.717) is 30.1 Å². The molecule has 9 nitrogen and oxygen atoms in total. The number of carbonyl (C=O) groups excluding carboxylic acids is 1. The maximum atomic E-state index is 12.6. The van der Waals surface area contributed by atoms with Crippen molar-refractivity contribution in [1.29, 1.82) is 0 Å². The van der Waals surface area contributed by atoms with Crippen LogP contribution in [0.5, 0.6) is 17.2 Å². The Balaban J connectivity index is 2.15. The third kappa shape index (κ3) is 7.54. The summed E-state index contributed by atoms with van der Waals surface area (Å²) in [6.07, 6.45) is -0.104. The van der Waals surface area contributed by atoms with E-state index in [-0.39, 0.29) is 36.4 Å². The second kappa shape index (κ2) is 12.3. The number of hydrogen-bond acceptors (Lipinski definition) is 7. The van der Waals surface area contributed by atoms with E-state index < -0.39 is 16.1 Å². The number of nitrogens with zero attached hydrogens (tertiary/aromatic N) is 1. The third-order valence-corrected chi connectivity index (χ3v) is 5.77. The molecule has 10 heteroatoms. The van der Waals surface area contributed by atoms with E-state index in [2.05, 4.69) is 0 Å². The lowest BCUT2D eigenvalue weighted by Crippen LogP contribution is -2.42. The number of methoxy groups -OCH3 is 1. The fraction of sp³-hybridized carbons (Fsp3) is 0.435. The molecule has 0 aromatic heterocycles. The average molecular weight is 481 g/mol. The van der Waals surface area contributed by atoms with Crippen LogP contribution in [0.1, 0.15) is 26.3 Å². The predicted molar refractivity (Wildman–Crippen MR) is 124 cm³/mol. The molecule has 33 heavy (non-hydrogen) atoms. The summed E-state index contributed by atoms with van der Waals surface area (Å²) < 4.78 is 45.6. The minimum Gasteiger partial charge on any atom is -0.495 e. The zero-order chi connectivity index (χ0) is 24.4. The first-order valence-electron chi connectivity index (χ1n) is 10.7. The number of hydrogen-bond donors (Lipinski definition) is 1. The molecule has 1 atom stereocenters. The van der Waals surface area contributed by atoms with Crippen LogP contribution in [0.4, 0.5) is 4.79 Å². The van der Waals surface area contributed by atoms with Crippen LogP contribution in [0.15, 0.2) is 47.4 Å². The van der Waals surface area contributed by atoms with Gasteiger partial charge in [-0.2, -0.15) is 0 Å². The second-order valence-electron chi connectivity index (χ2n) is 7.20. The lowest BCUT2D eigenvalue weighted by Gasteiger charge is -2.28. The fourth-order valence-corrected chi connectivity index (χ4v) is 4.07. The molecule has 1 amide bonds. The summed E-state index contributed by atoms with van der Waals surface area (Å²) in [5.74, 6) is 1.38. The van der Waals surface area contributed by atoms with Gasteiger partial charge in [-0.05, 0) is 57.0 Å². The van der Waals surface area contributed by atoms with Crippen LogP contribution in [-0.2, 0) is 21.2 Å². The summed E-state index contributed by atoms with van der Waals surface area (Å²) in [6.45, 7) is 6.70. The first kappa shape index (κ1) is 26.3. The Morgan fingerprint density at radius 2 is 1.70 bits per heavy atom. The quantitative estimate of drug-likeness (QED) is 0.496. The SMILES string of the molecule is CCOC(=O)N(CCOc1ccccc1OCC)C(C)Cc1ccc(OC)c(S(N)(=O)=O)c1. The highest BCUT2D eigenvalue weighted by molar-refractivity contribution is 7.89. The number of sulfonamides is 1. The molecule has 0 heterocycles. The van der Waals surface area contributed by atoms with Gasteiger partial charge >= 0.3 is 6.09 Å². The summed E-state index contributed by atoms with van der Waals surface area (Å²) in [4.78, 5) is 14.0. The van der Waals surface area contributed by atoms with Gasteiger partial charge in [0.15, 0.2) is 11.5 Å². The van der Waals surface area contributed by atoms with Crippen molar-refractivity contribution < 1.29 is 32.2 Å². The van der Waals surface area contributed by atoms with Gasteiger partial charge in [0.2, 0.25) is 10.0 Å². The first-order valence-corrected chi connectivity index (χ1v) is 12.2. The Bertz CT molecular complexity index is 1030. The summed E-state index contributed by atoms with van der Waals surface area (Å²) in [5, 5.41) is 5.32. The molecule has 0 radical (unpaired) electrons. The van der Waals surface area contributed by atoms with Crippen molar-refractivity contribution in [2.75, 3.05) is 33.5 Å². The highest BCUT2D eigenvalue weighted by Crippen LogP contribution is 2.27. The van der Waals surface area contributed by atoms with Crippen molar-refractivity contribution in [2.45, 2.75) is 38.1 Å². The van der Waals surface area contributed by atoms with Crippen LogP contribution in [0.3, 0.4) is 0 Å². The molecule has 0 aliphatic heterocycles. The monoisotopic (exact) mass is 480 g/mol. The Kier molecular flexibility index (Phi) is 9.80. The molecule has 1 unspecified atom stereocenters. The van der Waals surface area contributed by atoms with E-state index >= 15 is 0 Å². The molecule has 0 fully saturated rings. The molecule has 2 aromatic carbocycles. The molecule has 0 aliphatic carbocycles. The average Bonchev–Trinajstić information content (AvgIpc) is 2.77. The number of benzene rings is 2. The van der Waals surface area contributed by atoms with Crippen LogP contribution < -0.4 is 19.3 Å². The number of carbonyl (C=O) groups is 1. The van der Waals surface area contributed by atoms with E-state index in [9.17, 15) is 13.2 Å². The van der Waals surface area contributed by atoms with Gasteiger partial charge in [-0.15, -0.1) is 0 Å². The number of rotatable bonds is 12. The van der Waals surface area contributed by atoms with Crippen molar-refractivity contribution in [3.05, 3.63) is 48.0 Å². The largest absolute Gasteiger partial charge is 0.495 e. The molecule has 0 aliphatic rings. The maximum absolute atomic E-state index is 12.6. The molecular formula is C23H32N2O7S. The van der Waals surface area contributed by atoms with E-state index in [1.807, 2.05) is 32.0 Å². The van der Waals surface area contributed by atoms with Gasteiger partial charge in [0.25, 0.3) is 0 Å². The van der Waals surface area contributed by atoms with E-state index in [1.54, 1.807) is 30.0 Å². The van der Waals surface area contributed by atoms with Gasteiger partial charge in [-0.3, -0.25) is 0 Å². The second-order valence-corrected chi connectivity index (χ2v) is 8.73. The van der Waals surface area contributed by atoms with Gasteiger partial charge in [0.1, 0.15) is 17.3 Å². The minimum atomic E-state index is -3.96. The molecule has 0 saturated carbocycles. The number of ether oxygens (including phenoxy) is 4. The molecular weight excluding hydrogens is 448 g/mol. The number of primary sulfonamides is 1. The molecule has 0 saturated heterocycles. The Hall–Kier alpha value is -2.98. The van der Waals surface area contributed by atoms with Crippen LogP contribution in [0.2, 0.25) is 0 Å². The van der Waals surface area contributed by atoms with Gasteiger partial charge < -0.3 is 23.8 Å². The lowest BCUT2D eigenvalue weighted by atomic mass is 10.1. The minimum absolute atomic E-state index is 0.103. The predicted octanol–water partition coefficient (Wildman–Crippen LogP) is 3.21. The van der Waals surface area contributed by atoms with Crippen LogP contribution in [0.25, 0.3) is 0 Å². The van der Waals surface area contributed by atoms with Gasteiger partial charge in [0, 0.05) is 6.04 Å². The highest BCUT2D eigenvalue weighted by atomic mass is 32.2. The summed E-state index contributed by atoms with van der Waals surface area (Å²) in [5.41, 5.74) is 0.684.